The topological polar surface area (TPSA) is 88.0 Å². The number of benzene rings is 2. The third-order valence-corrected chi connectivity index (χ3v) is 5.82. The van der Waals surface area contributed by atoms with Crippen LogP contribution in [0, 0.1) is 6.92 Å². The highest BCUT2D eigenvalue weighted by Crippen LogP contribution is 2.27. The zero-order chi connectivity index (χ0) is 22.6. The number of piperazine rings is 1. The van der Waals surface area contributed by atoms with Crippen LogP contribution >= 0.6 is 0 Å². The number of aliphatic hydroxyl groups is 1. The summed E-state index contributed by atoms with van der Waals surface area (Å²) >= 11 is 0. The van der Waals surface area contributed by atoms with Gasteiger partial charge in [-0.3, -0.25) is 9.80 Å². The first-order chi connectivity index (χ1) is 16.1. The predicted octanol–water partition coefficient (Wildman–Crippen LogP) is 3.35. The molecule has 1 aliphatic heterocycles. The Morgan fingerprint density at radius 1 is 1.03 bits per heavy atom. The fourth-order valence-corrected chi connectivity index (χ4v) is 4.10. The standard InChI is InChI=1S/C25H28N4O4/c1-18-13-20(27-33-18)15-28-9-11-29(12-10-28)16-21(30)17-31-22-7-8-24-23(14-22)26-25(32-24)19-5-3-2-4-6-19/h2-8,13-14,21,30H,9-12,15-17H2,1H3. The minimum absolute atomic E-state index is 0.229. The molecule has 2 aromatic carbocycles. The van der Waals surface area contributed by atoms with Crippen molar-refractivity contribution in [3.8, 4) is 17.2 Å². The summed E-state index contributed by atoms with van der Waals surface area (Å²) in [5.41, 5.74) is 3.34. The minimum atomic E-state index is -0.567. The van der Waals surface area contributed by atoms with Crippen molar-refractivity contribution in [1.29, 1.82) is 0 Å². The van der Waals surface area contributed by atoms with E-state index in [-0.39, 0.29) is 6.61 Å². The lowest BCUT2D eigenvalue weighted by atomic mass is 10.2. The van der Waals surface area contributed by atoms with Crippen LogP contribution in [-0.4, -0.2) is 70.5 Å². The molecule has 1 saturated heterocycles. The highest BCUT2D eigenvalue weighted by atomic mass is 16.5. The lowest BCUT2D eigenvalue weighted by Gasteiger charge is -2.35. The molecule has 1 N–H and O–H groups in total. The van der Waals surface area contributed by atoms with Gasteiger partial charge in [0.05, 0.1) is 5.69 Å². The van der Waals surface area contributed by atoms with E-state index < -0.39 is 6.10 Å². The van der Waals surface area contributed by atoms with Crippen molar-refractivity contribution in [1.82, 2.24) is 19.9 Å². The molecule has 0 saturated carbocycles. The van der Waals surface area contributed by atoms with Gasteiger partial charge in [-0.1, -0.05) is 23.4 Å². The van der Waals surface area contributed by atoms with Crippen LogP contribution in [0.2, 0.25) is 0 Å². The van der Waals surface area contributed by atoms with E-state index in [0.717, 1.165) is 55.3 Å². The van der Waals surface area contributed by atoms with E-state index in [1.54, 1.807) is 0 Å². The lowest BCUT2D eigenvalue weighted by molar-refractivity contribution is 0.0442. The van der Waals surface area contributed by atoms with Gasteiger partial charge in [0, 0.05) is 57.0 Å². The molecular formula is C25H28N4O4. The van der Waals surface area contributed by atoms with E-state index in [0.29, 0.717) is 23.8 Å². The van der Waals surface area contributed by atoms with Crippen molar-refractivity contribution in [2.45, 2.75) is 19.6 Å². The van der Waals surface area contributed by atoms with Crippen LogP contribution in [-0.2, 0) is 6.54 Å². The van der Waals surface area contributed by atoms with E-state index in [4.69, 9.17) is 13.7 Å². The van der Waals surface area contributed by atoms with Crippen molar-refractivity contribution in [3.63, 3.8) is 0 Å². The Bertz CT molecular complexity index is 1180. The molecule has 1 fully saturated rings. The molecule has 2 aromatic heterocycles. The Morgan fingerprint density at radius 2 is 1.82 bits per heavy atom. The summed E-state index contributed by atoms with van der Waals surface area (Å²) in [6.45, 7) is 7.20. The second kappa shape index (κ2) is 9.74. The van der Waals surface area contributed by atoms with Crippen molar-refractivity contribution in [2.24, 2.45) is 0 Å². The van der Waals surface area contributed by atoms with Crippen LogP contribution in [0.3, 0.4) is 0 Å². The molecule has 4 aromatic rings. The number of oxazole rings is 1. The average molecular weight is 449 g/mol. The van der Waals surface area contributed by atoms with E-state index >= 15 is 0 Å². The third kappa shape index (κ3) is 5.42. The summed E-state index contributed by atoms with van der Waals surface area (Å²) in [5, 5.41) is 14.6. The number of aryl methyl sites for hydroxylation is 1. The van der Waals surface area contributed by atoms with Crippen molar-refractivity contribution in [3.05, 3.63) is 66.1 Å². The number of hydrogen-bond donors (Lipinski definition) is 1. The molecule has 0 radical (unpaired) electrons. The number of aliphatic hydroxyl groups excluding tert-OH is 1. The fourth-order valence-electron chi connectivity index (χ4n) is 4.10. The molecule has 0 aliphatic carbocycles. The van der Waals surface area contributed by atoms with Crippen LogP contribution in [0.4, 0.5) is 0 Å². The van der Waals surface area contributed by atoms with Gasteiger partial charge in [-0.15, -0.1) is 0 Å². The van der Waals surface area contributed by atoms with Gasteiger partial charge in [0.25, 0.3) is 0 Å². The highest BCUT2D eigenvalue weighted by Gasteiger charge is 2.20. The normalized spacial score (nSPS) is 16.3. The number of fused-ring (bicyclic) bond motifs is 1. The van der Waals surface area contributed by atoms with Gasteiger partial charge in [0.1, 0.15) is 29.7 Å². The predicted molar refractivity (Wildman–Crippen MR) is 124 cm³/mol. The zero-order valence-corrected chi connectivity index (χ0v) is 18.7. The molecule has 5 rings (SSSR count). The van der Waals surface area contributed by atoms with Crippen molar-refractivity contribution < 1.29 is 18.8 Å². The van der Waals surface area contributed by atoms with Crippen molar-refractivity contribution in [2.75, 3.05) is 39.3 Å². The molecule has 8 nitrogen and oxygen atoms in total. The first-order valence-corrected chi connectivity index (χ1v) is 11.3. The molecule has 33 heavy (non-hydrogen) atoms. The second-order valence-electron chi connectivity index (χ2n) is 8.49. The zero-order valence-electron chi connectivity index (χ0n) is 18.7. The molecule has 1 aliphatic rings. The van der Waals surface area contributed by atoms with Crippen LogP contribution in [0.5, 0.6) is 5.75 Å². The van der Waals surface area contributed by atoms with E-state index in [1.807, 2.05) is 61.5 Å². The van der Waals surface area contributed by atoms with Gasteiger partial charge in [0.15, 0.2) is 5.58 Å². The quantitative estimate of drug-likeness (QED) is 0.439. The average Bonchev–Trinajstić information content (AvgIpc) is 3.45. The van der Waals surface area contributed by atoms with Crippen LogP contribution in [0.1, 0.15) is 11.5 Å². The summed E-state index contributed by atoms with van der Waals surface area (Å²) in [4.78, 5) is 9.19. The van der Waals surface area contributed by atoms with Crippen molar-refractivity contribution >= 4 is 11.1 Å². The van der Waals surface area contributed by atoms with Gasteiger partial charge in [-0.2, -0.15) is 0 Å². The number of nitrogens with zero attached hydrogens (tertiary/aromatic N) is 4. The summed E-state index contributed by atoms with van der Waals surface area (Å²) in [6.07, 6.45) is -0.567. The highest BCUT2D eigenvalue weighted by molar-refractivity contribution is 5.77. The van der Waals surface area contributed by atoms with Gasteiger partial charge in [0.2, 0.25) is 5.89 Å². The minimum Gasteiger partial charge on any atom is -0.491 e. The molecular weight excluding hydrogens is 420 g/mol. The Labute approximate surface area is 192 Å². The molecule has 0 amide bonds. The van der Waals surface area contributed by atoms with E-state index in [1.165, 1.54) is 0 Å². The summed E-state index contributed by atoms with van der Waals surface area (Å²) in [7, 11) is 0. The number of hydrogen-bond acceptors (Lipinski definition) is 8. The number of aromatic nitrogens is 2. The van der Waals surface area contributed by atoms with E-state index in [9.17, 15) is 5.11 Å². The van der Waals surface area contributed by atoms with Crippen LogP contribution in [0.15, 0.2) is 63.5 Å². The molecule has 0 spiro atoms. The molecule has 172 valence electrons. The first kappa shape index (κ1) is 21.6. The molecule has 0 bridgehead atoms. The molecule has 8 heteroatoms. The maximum absolute atomic E-state index is 10.5. The summed E-state index contributed by atoms with van der Waals surface area (Å²) in [5.74, 6) is 2.09. The van der Waals surface area contributed by atoms with Gasteiger partial charge in [-0.05, 0) is 31.2 Å². The van der Waals surface area contributed by atoms with E-state index in [2.05, 4.69) is 19.9 Å². The monoisotopic (exact) mass is 448 g/mol. The summed E-state index contributed by atoms with van der Waals surface area (Å²) < 4.78 is 16.8. The molecule has 3 heterocycles. The smallest absolute Gasteiger partial charge is 0.227 e. The van der Waals surface area contributed by atoms with Crippen LogP contribution in [0.25, 0.3) is 22.6 Å². The maximum atomic E-state index is 10.5. The van der Waals surface area contributed by atoms with Crippen LogP contribution < -0.4 is 4.74 Å². The van der Waals surface area contributed by atoms with Gasteiger partial charge in [-0.25, -0.2) is 4.98 Å². The largest absolute Gasteiger partial charge is 0.491 e. The lowest BCUT2D eigenvalue weighted by Crippen LogP contribution is -2.48. The second-order valence-corrected chi connectivity index (χ2v) is 8.49. The number of ether oxygens (including phenoxy) is 1. The number of β-amino-alcohol motifs (C(OH)–C–C–N with tert-alkyl or cyclic N) is 1. The summed E-state index contributed by atoms with van der Waals surface area (Å²) in [6, 6.07) is 17.3. The Hall–Kier alpha value is -3.20. The van der Waals surface area contributed by atoms with Gasteiger partial charge < -0.3 is 18.8 Å². The SMILES string of the molecule is Cc1cc(CN2CCN(CC(O)COc3ccc4oc(-c5ccccc5)nc4c3)CC2)no1. The Kier molecular flexibility index (Phi) is 6.39. The van der Waals surface area contributed by atoms with Gasteiger partial charge >= 0.3 is 0 Å². The maximum Gasteiger partial charge on any atom is 0.227 e. The Balaban J connectivity index is 1.09. The third-order valence-electron chi connectivity index (χ3n) is 5.82. The molecule has 1 unspecified atom stereocenters. The molecule has 1 atom stereocenters. The first-order valence-electron chi connectivity index (χ1n) is 11.3. The number of rotatable bonds is 8. The fraction of sp³-hybridized carbons (Fsp3) is 0.360. The Morgan fingerprint density at radius 3 is 2.58 bits per heavy atom.